The van der Waals surface area contributed by atoms with E-state index in [4.69, 9.17) is 18.9 Å². The first-order valence-electron chi connectivity index (χ1n) is 9.20. The molecular weight excluding hydrogens is 424 g/mol. The van der Waals surface area contributed by atoms with Crippen molar-refractivity contribution in [1.29, 1.82) is 0 Å². The number of benzene rings is 2. The minimum atomic E-state index is -2.34. The summed E-state index contributed by atoms with van der Waals surface area (Å²) in [7, 11) is 4.41. The number of fused-ring (bicyclic) bond motifs is 1. The van der Waals surface area contributed by atoms with Crippen LogP contribution in [-0.4, -0.2) is 47.5 Å². The third kappa shape index (κ3) is 4.39. The van der Waals surface area contributed by atoms with E-state index in [1.54, 1.807) is 31.2 Å². The average molecular weight is 446 g/mol. The molecule has 1 unspecified atom stereocenters. The molecule has 3 rings (SSSR count). The second-order valence-electron chi connectivity index (χ2n) is 6.25. The van der Waals surface area contributed by atoms with Crippen LogP contribution < -0.4 is 23.7 Å². The summed E-state index contributed by atoms with van der Waals surface area (Å²) in [6.07, 6.45) is 2.94. The van der Waals surface area contributed by atoms with E-state index in [-0.39, 0.29) is 11.5 Å². The molecule has 3 aromatic rings. The summed E-state index contributed by atoms with van der Waals surface area (Å²) in [6, 6.07) is 6.45. The SMILES string of the molecule is CCOc1ccc2c(C(=O)c3cc(OC)c(OC)c(OC)c3)cncc2c1NS(=O)O. The Labute approximate surface area is 181 Å². The lowest BCUT2D eigenvalue weighted by atomic mass is 9.98. The largest absolute Gasteiger partial charge is 0.493 e. The van der Waals surface area contributed by atoms with Crippen molar-refractivity contribution in [2.75, 3.05) is 32.7 Å². The fourth-order valence-corrected chi connectivity index (χ4v) is 3.63. The van der Waals surface area contributed by atoms with Gasteiger partial charge in [0.1, 0.15) is 5.75 Å². The topological polar surface area (TPSA) is 116 Å². The minimum absolute atomic E-state index is 0.271. The monoisotopic (exact) mass is 446 g/mol. The van der Waals surface area contributed by atoms with Crippen LogP contribution in [-0.2, 0) is 11.3 Å². The number of carbonyl (C=O) groups excluding carboxylic acids is 1. The number of anilines is 1. The number of pyridine rings is 1. The van der Waals surface area contributed by atoms with E-state index < -0.39 is 11.3 Å². The van der Waals surface area contributed by atoms with Crippen molar-refractivity contribution in [1.82, 2.24) is 4.98 Å². The molecule has 0 aliphatic carbocycles. The third-order valence-electron chi connectivity index (χ3n) is 4.57. The Hall–Kier alpha value is -3.37. The Kier molecular flexibility index (Phi) is 6.93. The van der Waals surface area contributed by atoms with Crippen LogP contribution >= 0.6 is 0 Å². The van der Waals surface area contributed by atoms with Crippen molar-refractivity contribution in [2.24, 2.45) is 0 Å². The van der Waals surface area contributed by atoms with Crippen LogP contribution in [0.5, 0.6) is 23.0 Å². The zero-order chi connectivity index (χ0) is 22.5. The number of hydrogen-bond donors (Lipinski definition) is 2. The van der Waals surface area contributed by atoms with Gasteiger partial charge in [-0.15, -0.1) is 0 Å². The summed E-state index contributed by atoms with van der Waals surface area (Å²) >= 11 is -2.34. The molecule has 9 nitrogen and oxygen atoms in total. The first-order valence-corrected chi connectivity index (χ1v) is 10.3. The lowest BCUT2D eigenvalue weighted by Crippen LogP contribution is -2.08. The highest BCUT2D eigenvalue weighted by Crippen LogP contribution is 2.40. The van der Waals surface area contributed by atoms with Gasteiger partial charge in [-0.1, -0.05) is 0 Å². The summed E-state index contributed by atoms with van der Waals surface area (Å²) in [6.45, 7) is 2.16. The molecule has 0 fully saturated rings. The molecular formula is C21H22N2O7S. The van der Waals surface area contributed by atoms with Crippen LogP contribution in [0.1, 0.15) is 22.8 Å². The predicted molar refractivity (Wildman–Crippen MR) is 117 cm³/mol. The van der Waals surface area contributed by atoms with Crippen molar-refractivity contribution in [3.8, 4) is 23.0 Å². The van der Waals surface area contributed by atoms with Crippen LogP contribution in [0, 0.1) is 0 Å². The standard InChI is InChI=1S/C21H22N2O7S/c1-5-30-16-7-6-13-14(19(16)23-31(25)26)10-22-11-15(13)20(24)12-8-17(27-2)21(29-4)18(9-12)28-3/h6-11,23H,5H2,1-4H3,(H,25,26). The molecule has 0 amide bonds. The quantitative estimate of drug-likeness (QED) is 0.379. The highest BCUT2D eigenvalue weighted by Gasteiger charge is 2.21. The summed E-state index contributed by atoms with van der Waals surface area (Å²) in [5.74, 6) is 1.09. The fourth-order valence-electron chi connectivity index (χ4n) is 3.24. The van der Waals surface area contributed by atoms with Crippen LogP contribution in [0.2, 0.25) is 0 Å². The van der Waals surface area contributed by atoms with Gasteiger partial charge in [0.05, 0.1) is 33.6 Å². The van der Waals surface area contributed by atoms with Crippen molar-refractivity contribution < 1.29 is 32.5 Å². The Bertz CT molecular complexity index is 1130. The van der Waals surface area contributed by atoms with Gasteiger partial charge >= 0.3 is 0 Å². The molecule has 0 saturated heterocycles. The maximum atomic E-state index is 13.4. The molecule has 0 spiro atoms. The van der Waals surface area contributed by atoms with Gasteiger partial charge in [0.15, 0.2) is 17.3 Å². The molecule has 10 heteroatoms. The number of ketones is 1. The second-order valence-corrected chi connectivity index (χ2v) is 6.95. The molecule has 31 heavy (non-hydrogen) atoms. The van der Waals surface area contributed by atoms with Crippen LogP contribution in [0.15, 0.2) is 36.7 Å². The predicted octanol–water partition coefficient (Wildman–Crippen LogP) is 3.44. The fraction of sp³-hybridized carbons (Fsp3) is 0.238. The Balaban J connectivity index is 2.19. The molecule has 2 N–H and O–H groups in total. The molecule has 1 atom stereocenters. The number of ether oxygens (including phenoxy) is 4. The first-order chi connectivity index (χ1) is 14.9. The Morgan fingerprint density at radius 2 is 1.71 bits per heavy atom. The van der Waals surface area contributed by atoms with Gasteiger partial charge in [0.2, 0.25) is 5.75 Å². The summed E-state index contributed by atoms with van der Waals surface area (Å²) in [5, 5.41) is 0.997. The van der Waals surface area contributed by atoms with Gasteiger partial charge in [-0.05, 0) is 36.6 Å². The molecule has 0 aliphatic rings. The lowest BCUT2D eigenvalue weighted by Gasteiger charge is -2.16. The molecule has 0 aliphatic heterocycles. The molecule has 164 valence electrons. The normalized spacial score (nSPS) is 11.6. The maximum absolute atomic E-state index is 13.4. The third-order valence-corrected chi connectivity index (χ3v) is 4.94. The Morgan fingerprint density at radius 1 is 1.03 bits per heavy atom. The van der Waals surface area contributed by atoms with E-state index in [0.717, 1.165) is 0 Å². The maximum Gasteiger partial charge on any atom is 0.259 e. The van der Waals surface area contributed by atoms with Crippen LogP contribution in [0.25, 0.3) is 10.8 Å². The zero-order valence-electron chi connectivity index (χ0n) is 17.4. The van der Waals surface area contributed by atoms with E-state index in [1.165, 1.54) is 33.7 Å². The molecule has 0 saturated carbocycles. The number of nitrogens with zero attached hydrogens (tertiary/aromatic N) is 1. The second kappa shape index (κ2) is 9.63. The zero-order valence-corrected chi connectivity index (χ0v) is 18.2. The highest BCUT2D eigenvalue weighted by molar-refractivity contribution is 7.80. The number of rotatable bonds is 9. The summed E-state index contributed by atoms with van der Waals surface area (Å²) < 4.78 is 44.8. The van der Waals surface area contributed by atoms with Gasteiger partial charge in [0.25, 0.3) is 11.3 Å². The van der Waals surface area contributed by atoms with Gasteiger partial charge in [-0.2, -0.15) is 0 Å². The number of aromatic nitrogens is 1. The molecule has 0 radical (unpaired) electrons. The van der Waals surface area contributed by atoms with E-state index in [1.807, 2.05) is 0 Å². The smallest absolute Gasteiger partial charge is 0.259 e. The number of carbonyl (C=O) groups is 1. The van der Waals surface area contributed by atoms with Gasteiger partial charge < -0.3 is 18.9 Å². The summed E-state index contributed by atoms with van der Waals surface area (Å²) in [4.78, 5) is 17.6. The van der Waals surface area contributed by atoms with E-state index >= 15 is 0 Å². The Morgan fingerprint density at radius 3 is 2.26 bits per heavy atom. The highest BCUT2D eigenvalue weighted by atomic mass is 32.2. The molecule has 1 aromatic heterocycles. The van der Waals surface area contributed by atoms with Crippen molar-refractivity contribution in [3.63, 3.8) is 0 Å². The first kappa shape index (κ1) is 22.3. The van der Waals surface area contributed by atoms with E-state index in [9.17, 15) is 13.6 Å². The van der Waals surface area contributed by atoms with Gasteiger partial charge in [-0.25, -0.2) is 4.21 Å². The van der Waals surface area contributed by atoms with Crippen molar-refractivity contribution in [2.45, 2.75) is 6.92 Å². The average Bonchev–Trinajstić information content (AvgIpc) is 2.78. The van der Waals surface area contributed by atoms with Crippen LogP contribution in [0.3, 0.4) is 0 Å². The molecule has 2 aromatic carbocycles. The van der Waals surface area contributed by atoms with Crippen molar-refractivity contribution in [3.05, 3.63) is 47.8 Å². The lowest BCUT2D eigenvalue weighted by molar-refractivity contribution is 0.103. The van der Waals surface area contributed by atoms with Gasteiger partial charge in [0, 0.05) is 28.9 Å². The van der Waals surface area contributed by atoms with Crippen LogP contribution in [0.4, 0.5) is 5.69 Å². The summed E-state index contributed by atoms with van der Waals surface area (Å²) in [5.41, 5.74) is 0.867. The van der Waals surface area contributed by atoms with E-state index in [0.29, 0.717) is 51.5 Å². The number of methoxy groups -OCH3 is 3. The number of nitrogens with one attached hydrogen (secondary N) is 1. The van der Waals surface area contributed by atoms with Crippen molar-refractivity contribution >= 4 is 33.5 Å². The van der Waals surface area contributed by atoms with Gasteiger partial charge in [-0.3, -0.25) is 19.1 Å². The minimum Gasteiger partial charge on any atom is -0.493 e. The molecule has 1 heterocycles. The number of hydrogen-bond acceptors (Lipinski definition) is 7. The van der Waals surface area contributed by atoms with E-state index in [2.05, 4.69) is 9.71 Å². The molecule has 0 bridgehead atoms.